The average molecular weight is 430 g/mol. The molecule has 0 bridgehead atoms. The first-order valence-electron chi connectivity index (χ1n) is 9.94. The number of carbonyl (C=O) groups excluding carboxylic acids is 1. The van der Waals surface area contributed by atoms with Crippen LogP contribution in [0.25, 0.3) is 22.7 Å². The third-order valence-corrected chi connectivity index (χ3v) is 4.89. The van der Waals surface area contributed by atoms with E-state index in [1.165, 1.54) is 13.2 Å². The molecule has 1 heterocycles. The monoisotopic (exact) mass is 430 g/mol. The van der Waals surface area contributed by atoms with Gasteiger partial charge in [-0.1, -0.05) is 36.4 Å². The van der Waals surface area contributed by atoms with Crippen LogP contribution in [-0.4, -0.2) is 30.2 Å². The van der Waals surface area contributed by atoms with Gasteiger partial charge in [0.25, 0.3) is 0 Å². The Balaban J connectivity index is 1.65. The van der Waals surface area contributed by atoms with E-state index in [0.29, 0.717) is 28.6 Å². The third-order valence-electron chi connectivity index (χ3n) is 4.89. The molecule has 1 amide bonds. The number of hydrogen-bond donors (Lipinski definition) is 2. The van der Waals surface area contributed by atoms with Crippen molar-refractivity contribution in [1.29, 1.82) is 0 Å². The third kappa shape index (κ3) is 4.57. The van der Waals surface area contributed by atoms with Crippen LogP contribution in [0, 0.1) is 0 Å². The van der Waals surface area contributed by atoms with Crippen LogP contribution in [0.4, 0.5) is 5.88 Å². The molecule has 0 atom stereocenters. The van der Waals surface area contributed by atoms with Gasteiger partial charge in [0, 0.05) is 22.8 Å². The summed E-state index contributed by atoms with van der Waals surface area (Å²) in [4.78, 5) is 17.4. The number of benzene rings is 3. The van der Waals surface area contributed by atoms with Gasteiger partial charge in [-0.05, 0) is 30.3 Å². The van der Waals surface area contributed by atoms with Crippen LogP contribution in [0.2, 0.25) is 0 Å². The van der Waals surface area contributed by atoms with Crippen molar-refractivity contribution in [1.82, 2.24) is 4.98 Å². The molecule has 4 rings (SSSR count). The van der Waals surface area contributed by atoms with Crippen molar-refractivity contribution in [2.24, 2.45) is 0 Å². The van der Waals surface area contributed by atoms with E-state index in [2.05, 4.69) is 10.3 Å². The lowest BCUT2D eigenvalue weighted by Crippen LogP contribution is -2.14. The Bertz CT molecular complexity index is 1230. The Morgan fingerprint density at radius 2 is 1.66 bits per heavy atom. The number of carbonyl (C=O) groups is 1. The summed E-state index contributed by atoms with van der Waals surface area (Å²) in [7, 11) is 3.09. The van der Waals surface area contributed by atoms with Crippen molar-refractivity contribution in [3.63, 3.8) is 0 Å². The number of anilines is 1. The minimum absolute atomic E-state index is 0.0185. The molecule has 1 aromatic heterocycles. The summed E-state index contributed by atoms with van der Waals surface area (Å²) in [6.07, 6.45) is -0.0469. The minimum Gasteiger partial charge on any atom is -0.508 e. The molecular formula is C25H22N2O5. The van der Waals surface area contributed by atoms with E-state index in [-0.39, 0.29) is 24.0 Å². The smallest absolute Gasteiger partial charge is 0.231 e. The highest BCUT2D eigenvalue weighted by atomic mass is 16.5. The number of rotatable bonds is 7. The molecular weight excluding hydrogens is 408 g/mol. The van der Waals surface area contributed by atoms with Crippen LogP contribution >= 0.6 is 0 Å². The van der Waals surface area contributed by atoms with E-state index < -0.39 is 0 Å². The van der Waals surface area contributed by atoms with Gasteiger partial charge in [0.05, 0.1) is 20.6 Å². The fourth-order valence-corrected chi connectivity index (χ4v) is 3.24. The number of phenolic OH excluding ortho intramolecular Hbond substituents is 1. The summed E-state index contributed by atoms with van der Waals surface area (Å²) >= 11 is 0. The van der Waals surface area contributed by atoms with Crippen LogP contribution in [0.1, 0.15) is 5.56 Å². The van der Waals surface area contributed by atoms with Crippen LogP contribution in [0.15, 0.2) is 77.2 Å². The van der Waals surface area contributed by atoms with Gasteiger partial charge in [0.15, 0.2) is 0 Å². The molecule has 0 radical (unpaired) electrons. The summed E-state index contributed by atoms with van der Waals surface area (Å²) in [5.74, 6) is 1.39. The van der Waals surface area contributed by atoms with Crippen LogP contribution < -0.4 is 14.8 Å². The van der Waals surface area contributed by atoms with Crippen LogP contribution in [0.5, 0.6) is 17.2 Å². The second-order valence-electron chi connectivity index (χ2n) is 7.01. The number of aromatic nitrogens is 1. The summed E-state index contributed by atoms with van der Waals surface area (Å²) in [6.45, 7) is 0. The lowest BCUT2D eigenvalue weighted by Gasteiger charge is -2.08. The molecule has 4 aromatic rings. The summed E-state index contributed by atoms with van der Waals surface area (Å²) in [6, 6.07) is 21.6. The SMILES string of the molecule is COc1cccc(-c2nc(-c3ccccc3)oc2NC(=O)Cc2ccc(OC)cc2O)c1. The Kier molecular flexibility index (Phi) is 6.07. The van der Waals surface area contributed by atoms with Gasteiger partial charge in [-0.25, -0.2) is 4.98 Å². The maximum absolute atomic E-state index is 12.8. The van der Waals surface area contributed by atoms with Crippen molar-refractivity contribution < 1.29 is 23.8 Å². The van der Waals surface area contributed by atoms with Gasteiger partial charge in [-0.2, -0.15) is 0 Å². The van der Waals surface area contributed by atoms with Crippen LogP contribution in [0.3, 0.4) is 0 Å². The standard InChI is InChI=1S/C25H22N2O5/c1-30-19-10-6-9-18(13-19)23-25(32-24(27-23)16-7-4-3-5-8-16)26-22(29)14-17-11-12-20(31-2)15-21(17)28/h3-13,15,28H,14H2,1-2H3,(H,26,29). The molecule has 0 unspecified atom stereocenters. The van der Waals surface area contributed by atoms with Crippen molar-refractivity contribution in [3.8, 4) is 40.0 Å². The highest BCUT2D eigenvalue weighted by molar-refractivity contribution is 5.94. The lowest BCUT2D eigenvalue weighted by molar-refractivity contribution is -0.115. The molecule has 0 aliphatic carbocycles. The number of phenols is 1. The summed E-state index contributed by atoms with van der Waals surface area (Å²) in [5.41, 5.74) is 2.46. The highest BCUT2D eigenvalue weighted by Gasteiger charge is 2.20. The highest BCUT2D eigenvalue weighted by Crippen LogP contribution is 2.34. The lowest BCUT2D eigenvalue weighted by atomic mass is 10.1. The number of nitrogens with one attached hydrogen (secondary N) is 1. The number of hydrogen-bond acceptors (Lipinski definition) is 6. The summed E-state index contributed by atoms with van der Waals surface area (Å²) in [5, 5.41) is 13.0. The molecule has 7 heteroatoms. The topological polar surface area (TPSA) is 93.8 Å². The Morgan fingerprint density at radius 1 is 0.938 bits per heavy atom. The predicted molar refractivity (Wildman–Crippen MR) is 121 cm³/mol. The first-order valence-corrected chi connectivity index (χ1v) is 9.94. The van der Waals surface area contributed by atoms with Gasteiger partial charge in [-0.3, -0.25) is 10.1 Å². The molecule has 0 aliphatic heterocycles. The van der Waals surface area contributed by atoms with E-state index in [1.807, 2.05) is 54.6 Å². The molecule has 32 heavy (non-hydrogen) atoms. The van der Waals surface area contributed by atoms with E-state index in [9.17, 15) is 9.90 Å². The molecule has 2 N–H and O–H groups in total. The maximum Gasteiger partial charge on any atom is 0.231 e. The van der Waals surface area contributed by atoms with Crippen LogP contribution in [-0.2, 0) is 11.2 Å². The summed E-state index contributed by atoms with van der Waals surface area (Å²) < 4.78 is 16.3. The quantitative estimate of drug-likeness (QED) is 0.433. The molecule has 0 aliphatic rings. The fraction of sp³-hybridized carbons (Fsp3) is 0.120. The zero-order valence-electron chi connectivity index (χ0n) is 17.7. The van der Waals surface area contributed by atoms with Crippen molar-refractivity contribution in [3.05, 3.63) is 78.4 Å². The van der Waals surface area contributed by atoms with E-state index in [1.54, 1.807) is 19.2 Å². The molecule has 162 valence electrons. The van der Waals surface area contributed by atoms with Gasteiger partial charge >= 0.3 is 0 Å². The van der Waals surface area contributed by atoms with Crippen molar-refractivity contribution in [2.45, 2.75) is 6.42 Å². The van der Waals surface area contributed by atoms with Gasteiger partial charge in [0.1, 0.15) is 22.9 Å². The average Bonchev–Trinajstić information content (AvgIpc) is 3.24. The number of nitrogens with zero attached hydrogens (tertiary/aromatic N) is 1. The van der Waals surface area contributed by atoms with Gasteiger partial charge < -0.3 is 19.0 Å². The molecule has 7 nitrogen and oxygen atoms in total. The first kappa shape index (κ1) is 21.0. The normalized spacial score (nSPS) is 10.6. The number of ether oxygens (including phenoxy) is 2. The largest absolute Gasteiger partial charge is 0.508 e. The molecule has 0 fully saturated rings. The van der Waals surface area contributed by atoms with Crippen molar-refractivity contribution >= 4 is 11.8 Å². The molecule has 0 spiro atoms. The number of oxazole rings is 1. The Labute approximate surface area is 185 Å². The van der Waals surface area contributed by atoms with E-state index in [0.717, 1.165) is 11.1 Å². The van der Waals surface area contributed by atoms with Crippen molar-refractivity contribution in [2.75, 3.05) is 19.5 Å². The van der Waals surface area contributed by atoms with E-state index >= 15 is 0 Å². The molecule has 3 aromatic carbocycles. The molecule has 0 saturated heterocycles. The maximum atomic E-state index is 12.8. The first-order chi connectivity index (χ1) is 15.6. The predicted octanol–water partition coefficient (Wildman–Crippen LogP) is 4.91. The van der Waals surface area contributed by atoms with E-state index in [4.69, 9.17) is 13.9 Å². The minimum atomic E-state index is -0.356. The second kappa shape index (κ2) is 9.26. The number of methoxy groups -OCH3 is 2. The Morgan fingerprint density at radius 3 is 2.38 bits per heavy atom. The van der Waals surface area contributed by atoms with Gasteiger partial charge in [-0.15, -0.1) is 0 Å². The second-order valence-corrected chi connectivity index (χ2v) is 7.01. The Hall–Kier alpha value is -4.26. The number of aromatic hydroxyl groups is 1. The molecule has 0 saturated carbocycles. The zero-order valence-corrected chi connectivity index (χ0v) is 17.7. The fourth-order valence-electron chi connectivity index (χ4n) is 3.24. The zero-order chi connectivity index (χ0) is 22.5. The number of amides is 1. The van der Waals surface area contributed by atoms with Gasteiger partial charge in [0.2, 0.25) is 17.7 Å².